The number of rotatable bonds is 2. The van der Waals surface area contributed by atoms with Crippen LogP contribution in [0.1, 0.15) is 43.0 Å². The van der Waals surface area contributed by atoms with Gasteiger partial charge < -0.3 is 0 Å². The number of hydrogen-bond acceptors (Lipinski definition) is 0. The van der Waals surface area contributed by atoms with Crippen LogP contribution in [0.25, 0.3) is 5.57 Å². The topological polar surface area (TPSA) is 0 Å². The summed E-state index contributed by atoms with van der Waals surface area (Å²) in [4.78, 5) is 0. The molecule has 0 aliphatic rings. The summed E-state index contributed by atoms with van der Waals surface area (Å²) in [6.45, 7) is 13.2. The third-order valence-corrected chi connectivity index (χ3v) is 3.06. The first kappa shape index (κ1) is 12.0. The van der Waals surface area contributed by atoms with Crippen LogP contribution in [0.5, 0.6) is 0 Å². The summed E-state index contributed by atoms with van der Waals surface area (Å²) >= 11 is 0. The molecule has 15 heavy (non-hydrogen) atoms. The van der Waals surface area contributed by atoms with Crippen LogP contribution in [0.3, 0.4) is 0 Å². The van der Waals surface area contributed by atoms with Gasteiger partial charge >= 0.3 is 0 Å². The fourth-order valence-corrected chi connectivity index (χ4v) is 2.14. The highest BCUT2D eigenvalue weighted by Crippen LogP contribution is 2.28. The maximum atomic E-state index is 2.30. The van der Waals surface area contributed by atoms with Crippen molar-refractivity contribution < 1.29 is 0 Å². The van der Waals surface area contributed by atoms with E-state index in [4.69, 9.17) is 0 Å². The summed E-state index contributed by atoms with van der Waals surface area (Å²) in [6, 6.07) is 4.56. The molecule has 0 aromatic heterocycles. The Balaban J connectivity index is 3.36. The quantitative estimate of drug-likeness (QED) is 0.653. The SMILES string of the molecule is CC=C(c1cc(C)cc(C)c1C)C(C)C. The van der Waals surface area contributed by atoms with Crippen LogP contribution in [0.15, 0.2) is 18.2 Å². The van der Waals surface area contributed by atoms with Gasteiger partial charge in [-0.05, 0) is 55.9 Å². The molecule has 0 fully saturated rings. The van der Waals surface area contributed by atoms with Crippen molar-refractivity contribution in [3.8, 4) is 0 Å². The van der Waals surface area contributed by atoms with Crippen molar-refractivity contribution in [1.82, 2.24) is 0 Å². The van der Waals surface area contributed by atoms with Crippen LogP contribution in [0.4, 0.5) is 0 Å². The van der Waals surface area contributed by atoms with Crippen molar-refractivity contribution in [3.63, 3.8) is 0 Å². The van der Waals surface area contributed by atoms with Gasteiger partial charge in [-0.1, -0.05) is 37.6 Å². The van der Waals surface area contributed by atoms with E-state index >= 15 is 0 Å². The molecule has 0 radical (unpaired) electrons. The molecule has 0 atom stereocenters. The van der Waals surface area contributed by atoms with Gasteiger partial charge in [-0.15, -0.1) is 0 Å². The van der Waals surface area contributed by atoms with Gasteiger partial charge in [0.05, 0.1) is 0 Å². The smallest absolute Gasteiger partial charge is 0.0191 e. The van der Waals surface area contributed by atoms with Gasteiger partial charge in [0.15, 0.2) is 0 Å². The van der Waals surface area contributed by atoms with Gasteiger partial charge in [-0.2, -0.15) is 0 Å². The lowest BCUT2D eigenvalue weighted by Gasteiger charge is -2.16. The monoisotopic (exact) mass is 202 g/mol. The summed E-state index contributed by atoms with van der Waals surface area (Å²) in [5.41, 5.74) is 7.05. The summed E-state index contributed by atoms with van der Waals surface area (Å²) in [5, 5.41) is 0. The molecular weight excluding hydrogens is 180 g/mol. The van der Waals surface area contributed by atoms with Crippen LogP contribution in [0, 0.1) is 26.7 Å². The van der Waals surface area contributed by atoms with Crippen molar-refractivity contribution >= 4 is 5.57 Å². The fraction of sp³-hybridized carbons (Fsp3) is 0.467. The summed E-state index contributed by atoms with van der Waals surface area (Å²) in [6.07, 6.45) is 2.24. The van der Waals surface area contributed by atoms with E-state index in [0.29, 0.717) is 5.92 Å². The Morgan fingerprint density at radius 2 is 1.73 bits per heavy atom. The van der Waals surface area contributed by atoms with Gasteiger partial charge in [0, 0.05) is 0 Å². The summed E-state index contributed by atoms with van der Waals surface area (Å²) in [7, 11) is 0. The van der Waals surface area contributed by atoms with Gasteiger partial charge in [-0.3, -0.25) is 0 Å². The van der Waals surface area contributed by atoms with Gasteiger partial charge in [-0.25, -0.2) is 0 Å². The van der Waals surface area contributed by atoms with E-state index in [1.54, 1.807) is 0 Å². The predicted octanol–water partition coefficient (Wildman–Crippen LogP) is 4.67. The second-order valence-corrected chi connectivity index (χ2v) is 4.65. The van der Waals surface area contributed by atoms with E-state index in [0.717, 1.165) is 0 Å². The molecule has 0 saturated heterocycles. The standard InChI is InChI=1S/C15H22/c1-7-14(10(2)3)15-9-11(4)8-12(5)13(15)6/h7-10H,1-6H3. The highest BCUT2D eigenvalue weighted by atomic mass is 14.1. The second kappa shape index (κ2) is 4.65. The Kier molecular flexibility index (Phi) is 3.73. The lowest BCUT2D eigenvalue weighted by atomic mass is 9.89. The normalized spacial score (nSPS) is 12.3. The van der Waals surface area contributed by atoms with Crippen LogP contribution in [-0.2, 0) is 0 Å². The first-order valence-corrected chi connectivity index (χ1v) is 5.71. The average molecular weight is 202 g/mol. The molecule has 0 amide bonds. The molecule has 0 aliphatic carbocycles. The molecule has 0 unspecified atom stereocenters. The first-order chi connectivity index (χ1) is 6.97. The van der Waals surface area contributed by atoms with E-state index in [9.17, 15) is 0 Å². The molecular formula is C15H22. The summed E-state index contributed by atoms with van der Waals surface area (Å²) < 4.78 is 0. The van der Waals surface area contributed by atoms with Gasteiger partial charge in [0.25, 0.3) is 0 Å². The van der Waals surface area contributed by atoms with Crippen LogP contribution in [-0.4, -0.2) is 0 Å². The highest BCUT2D eigenvalue weighted by Gasteiger charge is 2.10. The zero-order valence-electron chi connectivity index (χ0n) is 10.8. The maximum absolute atomic E-state index is 2.30. The highest BCUT2D eigenvalue weighted by molar-refractivity contribution is 5.70. The molecule has 0 aliphatic heterocycles. The van der Waals surface area contributed by atoms with E-state index < -0.39 is 0 Å². The molecule has 1 aromatic carbocycles. The van der Waals surface area contributed by atoms with E-state index in [-0.39, 0.29) is 0 Å². The Hall–Kier alpha value is -1.04. The minimum absolute atomic E-state index is 0.592. The predicted molar refractivity (Wildman–Crippen MR) is 69.1 cm³/mol. The van der Waals surface area contributed by atoms with Gasteiger partial charge in [0.2, 0.25) is 0 Å². The molecule has 0 heteroatoms. The zero-order chi connectivity index (χ0) is 11.6. The first-order valence-electron chi connectivity index (χ1n) is 5.71. The molecule has 1 aromatic rings. The molecule has 1 rings (SSSR count). The number of benzene rings is 1. The van der Waals surface area contributed by atoms with E-state index in [1.807, 2.05) is 0 Å². The van der Waals surface area contributed by atoms with Crippen LogP contribution >= 0.6 is 0 Å². The van der Waals surface area contributed by atoms with Crippen molar-refractivity contribution in [2.75, 3.05) is 0 Å². The minimum Gasteiger partial charge on any atom is -0.0836 e. The van der Waals surface area contributed by atoms with E-state index in [1.165, 1.54) is 27.8 Å². The molecule has 0 heterocycles. The number of allylic oxidation sites excluding steroid dienone is 2. The van der Waals surface area contributed by atoms with E-state index in [2.05, 4.69) is 59.8 Å². The van der Waals surface area contributed by atoms with Crippen molar-refractivity contribution in [2.45, 2.75) is 41.5 Å². The Bertz CT molecular complexity index is 381. The average Bonchev–Trinajstić information content (AvgIpc) is 2.13. The second-order valence-electron chi connectivity index (χ2n) is 4.65. The minimum atomic E-state index is 0.592. The Morgan fingerprint density at radius 3 is 2.20 bits per heavy atom. The zero-order valence-corrected chi connectivity index (χ0v) is 10.8. The maximum Gasteiger partial charge on any atom is -0.0191 e. The lowest BCUT2D eigenvalue weighted by Crippen LogP contribution is -1.98. The third kappa shape index (κ3) is 2.50. The molecule has 0 N–H and O–H groups in total. The van der Waals surface area contributed by atoms with Crippen LogP contribution < -0.4 is 0 Å². The third-order valence-electron chi connectivity index (χ3n) is 3.06. The summed E-state index contributed by atoms with van der Waals surface area (Å²) in [5.74, 6) is 0.592. The van der Waals surface area contributed by atoms with Crippen molar-refractivity contribution in [3.05, 3.63) is 40.5 Å². The molecule has 0 saturated carbocycles. The fourth-order valence-electron chi connectivity index (χ4n) is 2.14. The molecule has 0 bridgehead atoms. The molecule has 0 nitrogen and oxygen atoms in total. The largest absolute Gasteiger partial charge is 0.0836 e. The number of hydrogen-bond donors (Lipinski definition) is 0. The Morgan fingerprint density at radius 1 is 1.13 bits per heavy atom. The van der Waals surface area contributed by atoms with Crippen LogP contribution in [0.2, 0.25) is 0 Å². The molecule has 0 spiro atoms. The van der Waals surface area contributed by atoms with Crippen molar-refractivity contribution in [1.29, 1.82) is 0 Å². The van der Waals surface area contributed by atoms with Crippen molar-refractivity contribution in [2.24, 2.45) is 5.92 Å². The Labute approximate surface area is 94.0 Å². The lowest BCUT2D eigenvalue weighted by molar-refractivity contribution is 0.852. The van der Waals surface area contributed by atoms with Gasteiger partial charge in [0.1, 0.15) is 0 Å². The molecule has 82 valence electrons. The number of aryl methyl sites for hydroxylation is 2.